The van der Waals surface area contributed by atoms with Crippen molar-refractivity contribution in [3.63, 3.8) is 0 Å². The Kier molecular flexibility index (Phi) is 5.33. The van der Waals surface area contributed by atoms with Crippen molar-refractivity contribution in [2.24, 2.45) is 0 Å². The Morgan fingerprint density at radius 3 is 2.04 bits per heavy atom. The maximum Gasteiger partial charge on any atom is 0.282 e. The van der Waals surface area contributed by atoms with Gasteiger partial charge in [0.05, 0.1) is 5.69 Å². The summed E-state index contributed by atoms with van der Waals surface area (Å²) in [4.78, 5) is 11.7. The average Bonchev–Trinajstić information content (AvgIpc) is 2.53. The van der Waals surface area contributed by atoms with E-state index in [-0.39, 0.29) is 16.4 Å². The lowest BCUT2D eigenvalue weighted by Gasteiger charge is -2.27. The number of aromatic hydroxyl groups is 1. The zero-order valence-electron chi connectivity index (χ0n) is 17.1. The molecule has 0 unspecified atom stereocenters. The summed E-state index contributed by atoms with van der Waals surface area (Å²) in [6, 6.07) is 5.85. The zero-order valence-corrected chi connectivity index (χ0v) is 17.1. The van der Waals surface area contributed by atoms with Crippen LogP contribution in [0.25, 0.3) is 12.2 Å². The summed E-state index contributed by atoms with van der Waals surface area (Å²) in [5.74, 6) is 0.331. The van der Waals surface area contributed by atoms with Crippen LogP contribution in [-0.4, -0.2) is 15.3 Å². The van der Waals surface area contributed by atoms with Crippen molar-refractivity contribution in [3.8, 4) is 11.8 Å². The van der Waals surface area contributed by atoms with Gasteiger partial charge in [-0.2, -0.15) is 10.4 Å². The van der Waals surface area contributed by atoms with Gasteiger partial charge in [-0.25, -0.2) is 5.10 Å². The van der Waals surface area contributed by atoms with Crippen LogP contribution in [0.4, 0.5) is 0 Å². The highest BCUT2D eigenvalue weighted by atomic mass is 16.3. The minimum atomic E-state index is -0.484. The number of nitriles is 1. The molecule has 0 saturated carbocycles. The highest BCUT2D eigenvalue weighted by Gasteiger charge is 2.26. The molecule has 0 bridgehead atoms. The van der Waals surface area contributed by atoms with Crippen molar-refractivity contribution in [1.29, 1.82) is 5.26 Å². The lowest BCUT2D eigenvalue weighted by molar-refractivity contribution is 0.423. The lowest BCUT2D eigenvalue weighted by Crippen LogP contribution is -2.17. The number of phenols is 1. The van der Waals surface area contributed by atoms with E-state index in [0.717, 1.165) is 16.7 Å². The molecule has 2 aromatic rings. The second-order valence-electron chi connectivity index (χ2n) is 8.85. The number of hydrogen-bond donors (Lipinski definition) is 2. The smallest absolute Gasteiger partial charge is 0.282 e. The van der Waals surface area contributed by atoms with Crippen molar-refractivity contribution in [1.82, 2.24) is 10.2 Å². The highest BCUT2D eigenvalue weighted by molar-refractivity contribution is 5.72. The summed E-state index contributed by atoms with van der Waals surface area (Å²) in [5.41, 5.74) is 2.91. The third-order valence-corrected chi connectivity index (χ3v) is 4.56. The van der Waals surface area contributed by atoms with E-state index in [2.05, 4.69) is 51.7 Å². The quantitative estimate of drug-likeness (QED) is 0.824. The Morgan fingerprint density at radius 2 is 1.59 bits per heavy atom. The molecule has 2 rings (SSSR count). The summed E-state index contributed by atoms with van der Waals surface area (Å²) < 4.78 is 0. The average molecular weight is 365 g/mol. The molecule has 0 amide bonds. The maximum absolute atomic E-state index is 11.7. The molecule has 0 spiro atoms. The fourth-order valence-corrected chi connectivity index (χ4v) is 2.92. The van der Waals surface area contributed by atoms with Gasteiger partial charge in [0.25, 0.3) is 5.56 Å². The predicted molar refractivity (Wildman–Crippen MR) is 109 cm³/mol. The molecular formula is C22H27N3O2. The SMILES string of the molecule is Cc1c(/C=C/c2cc(C(C)(C)C)c(O)c(C(C)(C)C)c2)n[nH]c(=O)c1C#N. The molecule has 1 aromatic carbocycles. The van der Waals surface area contributed by atoms with Gasteiger partial charge in [-0.05, 0) is 47.1 Å². The topological polar surface area (TPSA) is 89.8 Å². The maximum atomic E-state index is 11.7. The molecule has 5 nitrogen and oxygen atoms in total. The van der Waals surface area contributed by atoms with E-state index in [1.165, 1.54) is 0 Å². The van der Waals surface area contributed by atoms with Crippen LogP contribution in [0.5, 0.6) is 5.75 Å². The van der Waals surface area contributed by atoms with Gasteiger partial charge < -0.3 is 5.11 Å². The van der Waals surface area contributed by atoms with E-state index in [0.29, 0.717) is 17.0 Å². The van der Waals surface area contributed by atoms with Crippen molar-refractivity contribution in [2.45, 2.75) is 59.3 Å². The van der Waals surface area contributed by atoms with Crippen molar-refractivity contribution < 1.29 is 5.11 Å². The number of benzene rings is 1. The number of hydrogen-bond acceptors (Lipinski definition) is 4. The molecule has 0 atom stereocenters. The molecule has 1 aromatic heterocycles. The van der Waals surface area contributed by atoms with E-state index < -0.39 is 5.56 Å². The lowest BCUT2D eigenvalue weighted by atomic mass is 9.78. The molecule has 0 saturated heterocycles. The number of nitrogens with one attached hydrogen (secondary N) is 1. The third kappa shape index (κ3) is 4.28. The molecule has 0 aliphatic rings. The normalized spacial score (nSPS) is 12.4. The van der Waals surface area contributed by atoms with Gasteiger partial charge in [0.1, 0.15) is 17.4 Å². The van der Waals surface area contributed by atoms with Gasteiger partial charge in [0.2, 0.25) is 0 Å². The van der Waals surface area contributed by atoms with Crippen LogP contribution in [0.3, 0.4) is 0 Å². The molecule has 0 radical (unpaired) electrons. The summed E-state index contributed by atoms with van der Waals surface area (Å²) in [5, 5.41) is 26.3. The van der Waals surface area contributed by atoms with Crippen LogP contribution < -0.4 is 5.56 Å². The summed E-state index contributed by atoms with van der Waals surface area (Å²) in [6.07, 6.45) is 3.66. The van der Waals surface area contributed by atoms with Crippen LogP contribution in [0.15, 0.2) is 16.9 Å². The van der Waals surface area contributed by atoms with Crippen molar-refractivity contribution in [2.75, 3.05) is 0 Å². The van der Waals surface area contributed by atoms with Gasteiger partial charge in [-0.15, -0.1) is 0 Å². The predicted octanol–water partition coefficient (Wildman–Crippen LogP) is 4.42. The second-order valence-corrected chi connectivity index (χ2v) is 8.85. The number of aromatic nitrogens is 2. The largest absolute Gasteiger partial charge is 0.507 e. The first kappa shape index (κ1) is 20.4. The van der Waals surface area contributed by atoms with Crippen LogP contribution in [0.1, 0.15) is 75.1 Å². The van der Waals surface area contributed by atoms with Crippen LogP contribution in [0, 0.1) is 18.3 Å². The molecule has 0 fully saturated rings. The summed E-state index contributed by atoms with van der Waals surface area (Å²) >= 11 is 0. The van der Waals surface area contributed by atoms with E-state index in [1.807, 2.05) is 24.3 Å². The molecule has 27 heavy (non-hydrogen) atoms. The first-order valence-corrected chi connectivity index (χ1v) is 8.91. The third-order valence-electron chi connectivity index (χ3n) is 4.56. The first-order valence-electron chi connectivity index (χ1n) is 8.91. The van der Waals surface area contributed by atoms with Gasteiger partial charge in [0, 0.05) is 11.1 Å². The Labute approximate surface area is 160 Å². The Hall–Kier alpha value is -2.87. The Balaban J connectivity index is 2.62. The molecule has 2 N–H and O–H groups in total. The van der Waals surface area contributed by atoms with Gasteiger partial charge in [-0.1, -0.05) is 47.6 Å². The fraction of sp³-hybridized carbons (Fsp3) is 0.409. The molecule has 142 valence electrons. The van der Waals surface area contributed by atoms with E-state index >= 15 is 0 Å². The molecule has 0 aliphatic carbocycles. The van der Waals surface area contributed by atoms with E-state index in [1.54, 1.807) is 13.0 Å². The zero-order chi connectivity index (χ0) is 20.6. The van der Waals surface area contributed by atoms with Gasteiger partial charge in [-0.3, -0.25) is 4.79 Å². The Bertz CT molecular complexity index is 959. The number of aromatic amines is 1. The number of H-pyrrole nitrogens is 1. The van der Waals surface area contributed by atoms with Gasteiger partial charge >= 0.3 is 0 Å². The standard InChI is InChI=1S/C22H27N3O2/c1-13-15(12-23)20(27)25-24-18(13)9-8-14-10-16(21(2,3)4)19(26)17(11-14)22(5,6)7/h8-11,26H,1-7H3,(H,25,27)/b9-8+. The van der Waals surface area contributed by atoms with Crippen LogP contribution >= 0.6 is 0 Å². The number of nitrogens with zero attached hydrogens (tertiary/aromatic N) is 2. The molecule has 5 heteroatoms. The minimum Gasteiger partial charge on any atom is -0.507 e. The summed E-state index contributed by atoms with van der Waals surface area (Å²) in [6.45, 7) is 14.1. The van der Waals surface area contributed by atoms with Gasteiger partial charge in [0.15, 0.2) is 0 Å². The van der Waals surface area contributed by atoms with Crippen LogP contribution in [-0.2, 0) is 10.8 Å². The fourth-order valence-electron chi connectivity index (χ4n) is 2.92. The Morgan fingerprint density at radius 1 is 1.07 bits per heavy atom. The number of rotatable bonds is 2. The van der Waals surface area contributed by atoms with E-state index in [4.69, 9.17) is 5.26 Å². The molecular weight excluding hydrogens is 338 g/mol. The molecule has 1 heterocycles. The minimum absolute atomic E-state index is 0.0705. The summed E-state index contributed by atoms with van der Waals surface area (Å²) in [7, 11) is 0. The molecule has 0 aliphatic heterocycles. The first-order chi connectivity index (χ1) is 12.4. The van der Waals surface area contributed by atoms with Crippen molar-refractivity contribution in [3.05, 3.63) is 56.0 Å². The van der Waals surface area contributed by atoms with Crippen molar-refractivity contribution >= 4 is 12.2 Å². The second kappa shape index (κ2) is 7.03. The van der Waals surface area contributed by atoms with E-state index in [9.17, 15) is 9.90 Å². The number of phenolic OH excluding ortho intramolecular Hbond substituents is 1. The van der Waals surface area contributed by atoms with Crippen LogP contribution in [0.2, 0.25) is 0 Å². The highest BCUT2D eigenvalue weighted by Crippen LogP contribution is 2.40. The monoisotopic (exact) mass is 365 g/mol.